The summed E-state index contributed by atoms with van der Waals surface area (Å²) in [6, 6.07) is 9.76. The van der Waals surface area contributed by atoms with Gasteiger partial charge in [0.25, 0.3) is 0 Å². The molecule has 1 aromatic rings. The smallest absolute Gasteiger partial charge is 0.0309 e. The molecule has 2 fully saturated rings. The third kappa shape index (κ3) is 3.67. The van der Waals surface area contributed by atoms with E-state index in [-0.39, 0.29) is 0 Å². The number of aryl methyl sites for hydroxylation is 1. The van der Waals surface area contributed by atoms with Gasteiger partial charge in [-0.3, -0.25) is 4.90 Å². The van der Waals surface area contributed by atoms with Gasteiger partial charge in [-0.2, -0.15) is 0 Å². The van der Waals surface area contributed by atoms with Crippen LogP contribution in [0.4, 0.5) is 0 Å². The molecule has 0 aromatic heterocycles. The number of nitrogens with one attached hydrogen (secondary N) is 1. The zero-order chi connectivity index (χ0) is 14.7. The SMILES string of the molecule is Cc1ccc(CN2CC3(CCCCC3)NCCC2C)cc1. The predicted molar refractivity (Wildman–Crippen MR) is 89.5 cm³/mol. The Morgan fingerprint density at radius 1 is 1.14 bits per heavy atom. The lowest BCUT2D eigenvalue weighted by Crippen LogP contribution is -2.53. The first-order valence-electron chi connectivity index (χ1n) is 8.72. The standard InChI is InChI=1S/C19H30N2/c1-16-6-8-18(9-7-16)14-21-15-19(11-4-3-5-12-19)20-13-10-17(21)2/h6-9,17,20H,3-5,10-15H2,1-2H3. The first kappa shape index (κ1) is 15.1. The highest BCUT2D eigenvalue weighted by molar-refractivity contribution is 5.21. The van der Waals surface area contributed by atoms with Gasteiger partial charge in [0.05, 0.1) is 0 Å². The van der Waals surface area contributed by atoms with E-state index in [1.165, 1.54) is 62.7 Å². The van der Waals surface area contributed by atoms with E-state index in [1.807, 2.05) is 0 Å². The quantitative estimate of drug-likeness (QED) is 0.887. The van der Waals surface area contributed by atoms with E-state index in [4.69, 9.17) is 0 Å². The van der Waals surface area contributed by atoms with Crippen LogP contribution in [0.1, 0.15) is 56.6 Å². The summed E-state index contributed by atoms with van der Waals surface area (Å²) in [5, 5.41) is 3.91. The Morgan fingerprint density at radius 3 is 2.57 bits per heavy atom. The van der Waals surface area contributed by atoms with Crippen molar-refractivity contribution in [2.24, 2.45) is 0 Å². The molecule has 1 aliphatic carbocycles. The molecule has 0 bridgehead atoms. The van der Waals surface area contributed by atoms with Crippen LogP contribution in [0.5, 0.6) is 0 Å². The number of rotatable bonds is 2. The third-order valence-electron chi connectivity index (χ3n) is 5.51. The zero-order valence-corrected chi connectivity index (χ0v) is 13.7. The molecule has 2 aliphatic rings. The Labute approximate surface area is 129 Å². The Kier molecular flexibility index (Phi) is 4.66. The summed E-state index contributed by atoms with van der Waals surface area (Å²) >= 11 is 0. The summed E-state index contributed by atoms with van der Waals surface area (Å²) in [6.07, 6.45) is 8.23. The summed E-state index contributed by atoms with van der Waals surface area (Å²) in [6.45, 7) is 8.08. The van der Waals surface area contributed by atoms with Gasteiger partial charge in [0.15, 0.2) is 0 Å². The Balaban J connectivity index is 1.73. The highest BCUT2D eigenvalue weighted by atomic mass is 15.2. The van der Waals surface area contributed by atoms with Gasteiger partial charge >= 0.3 is 0 Å². The number of nitrogens with zero attached hydrogens (tertiary/aromatic N) is 1. The third-order valence-corrected chi connectivity index (χ3v) is 5.51. The fourth-order valence-electron chi connectivity index (χ4n) is 4.03. The second-order valence-electron chi connectivity index (χ2n) is 7.30. The highest BCUT2D eigenvalue weighted by Gasteiger charge is 2.36. The van der Waals surface area contributed by atoms with Gasteiger partial charge in [0, 0.05) is 24.7 Å². The first-order valence-corrected chi connectivity index (χ1v) is 8.72. The van der Waals surface area contributed by atoms with Crippen molar-refractivity contribution in [3.63, 3.8) is 0 Å². The van der Waals surface area contributed by atoms with E-state index in [9.17, 15) is 0 Å². The van der Waals surface area contributed by atoms with Crippen LogP contribution >= 0.6 is 0 Å². The molecule has 0 amide bonds. The van der Waals surface area contributed by atoms with Crippen molar-refractivity contribution < 1.29 is 0 Å². The van der Waals surface area contributed by atoms with Gasteiger partial charge in [-0.1, -0.05) is 49.1 Å². The van der Waals surface area contributed by atoms with Crippen molar-refractivity contribution in [3.8, 4) is 0 Å². The molecule has 116 valence electrons. The topological polar surface area (TPSA) is 15.3 Å². The molecule has 1 unspecified atom stereocenters. The minimum absolute atomic E-state index is 0.397. The van der Waals surface area contributed by atoms with E-state index in [0.717, 1.165) is 6.54 Å². The number of hydrogen-bond donors (Lipinski definition) is 1. The second-order valence-corrected chi connectivity index (χ2v) is 7.30. The summed E-state index contributed by atoms with van der Waals surface area (Å²) < 4.78 is 0. The minimum atomic E-state index is 0.397. The van der Waals surface area contributed by atoms with E-state index in [1.54, 1.807) is 0 Å². The maximum atomic E-state index is 3.91. The fourth-order valence-corrected chi connectivity index (χ4v) is 4.03. The van der Waals surface area contributed by atoms with E-state index in [0.29, 0.717) is 11.6 Å². The van der Waals surface area contributed by atoms with Crippen LogP contribution < -0.4 is 5.32 Å². The van der Waals surface area contributed by atoms with Crippen molar-refractivity contribution in [1.82, 2.24) is 10.2 Å². The van der Waals surface area contributed by atoms with Crippen LogP contribution in [0.3, 0.4) is 0 Å². The van der Waals surface area contributed by atoms with Crippen LogP contribution in [-0.4, -0.2) is 29.6 Å². The largest absolute Gasteiger partial charge is 0.310 e. The molecule has 1 atom stereocenters. The summed E-state index contributed by atoms with van der Waals surface area (Å²) in [7, 11) is 0. The van der Waals surface area contributed by atoms with Crippen LogP contribution in [0.2, 0.25) is 0 Å². The van der Waals surface area contributed by atoms with Crippen molar-refractivity contribution in [2.75, 3.05) is 13.1 Å². The normalized spacial score (nSPS) is 26.7. The monoisotopic (exact) mass is 286 g/mol. The molecule has 1 aliphatic heterocycles. The molecular weight excluding hydrogens is 256 g/mol. The Bertz CT molecular complexity index is 445. The Hall–Kier alpha value is -0.860. The lowest BCUT2D eigenvalue weighted by atomic mass is 9.81. The predicted octanol–water partition coefficient (Wildman–Crippen LogP) is 3.88. The first-order chi connectivity index (χ1) is 10.2. The molecule has 2 heteroatoms. The maximum Gasteiger partial charge on any atom is 0.0309 e. The van der Waals surface area contributed by atoms with Gasteiger partial charge in [0.2, 0.25) is 0 Å². The molecule has 21 heavy (non-hydrogen) atoms. The highest BCUT2D eigenvalue weighted by Crippen LogP contribution is 2.32. The lowest BCUT2D eigenvalue weighted by molar-refractivity contribution is 0.131. The molecule has 1 heterocycles. The molecular formula is C19H30N2. The van der Waals surface area contributed by atoms with Crippen molar-refractivity contribution >= 4 is 0 Å². The molecule has 1 saturated heterocycles. The summed E-state index contributed by atoms with van der Waals surface area (Å²) in [5.41, 5.74) is 3.21. The molecule has 2 nitrogen and oxygen atoms in total. The molecule has 3 rings (SSSR count). The molecule has 1 spiro atoms. The second kappa shape index (κ2) is 6.50. The van der Waals surface area contributed by atoms with E-state index >= 15 is 0 Å². The van der Waals surface area contributed by atoms with Crippen molar-refractivity contribution in [2.45, 2.75) is 70.5 Å². The maximum absolute atomic E-state index is 3.91. The van der Waals surface area contributed by atoms with E-state index in [2.05, 4.69) is 48.3 Å². The Morgan fingerprint density at radius 2 is 1.86 bits per heavy atom. The van der Waals surface area contributed by atoms with Gasteiger partial charge < -0.3 is 5.32 Å². The van der Waals surface area contributed by atoms with Crippen LogP contribution in [0.25, 0.3) is 0 Å². The summed E-state index contributed by atoms with van der Waals surface area (Å²) in [5.74, 6) is 0. The minimum Gasteiger partial charge on any atom is -0.310 e. The average molecular weight is 286 g/mol. The van der Waals surface area contributed by atoms with Gasteiger partial charge in [0.1, 0.15) is 0 Å². The average Bonchev–Trinajstić information content (AvgIpc) is 2.63. The molecule has 0 radical (unpaired) electrons. The molecule has 1 aromatic carbocycles. The number of hydrogen-bond acceptors (Lipinski definition) is 2. The van der Waals surface area contributed by atoms with Crippen molar-refractivity contribution in [3.05, 3.63) is 35.4 Å². The van der Waals surface area contributed by atoms with E-state index < -0.39 is 0 Å². The van der Waals surface area contributed by atoms with Crippen LogP contribution in [0.15, 0.2) is 24.3 Å². The van der Waals surface area contributed by atoms with Crippen LogP contribution in [-0.2, 0) is 6.54 Å². The van der Waals surface area contributed by atoms with Gasteiger partial charge in [-0.05, 0) is 45.2 Å². The zero-order valence-electron chi connectivity index (χ0n) is 13.7. The molecule has 1 saturated carbocycles. The van der Waals surface area contributed by atoms with Crippen molar-refractivity contribution in [1.29, 1.82) is 0 Å². The van der Waals surface area contributed by atoms with Crippen LogP contribution in [0, 0.1) is 6.92 Å². The van der Waals surface area contributed by atoms with Gasteiger partial charge in [-0.25, -0.2) is 0 Å². The van der Waals surface area contributed by atoms with Gasteiger partial charge in [-0.15, -0.1) is 0 Å². The lowest BCUT2D eigenvalue weighted by Gasteiger charge is -2.41. The summed E-state index contributed by atoms with van der Waals surface area (Å²) in [4.78, 5) is 2.72. The number of benzene rings is 1. The molecule has 1 N–H and O–H groups in total. The fraction of sp³-hybridized carbons (Fsp3) is 0.684.